The summed E-state index contributed by atoms with van der Waals surface area (Å²) in [5.41, 5.74) is 0.527. The van der Waals surface area contributed by atoms with Crippen molar-refractivity contribution in [2.24, 2.45) is 0 Å². The van der Waals surface area contributed by atoms with E-state index in [4.69, 9.17) is 16.3 Å². The molecule has 0 bridgehead atoms. The van der Waals surface area contributed by atoms with Crippen LogP contribution in [-0.2, 0) is 5.60 Å². The third kappa shape index (κ3) is 5.03. The summed E-state index contributed by atoms with van der Waals surface area (Å²) in [5.74, 6) is 0.518. The van der Waals surface area contributed by atoms with E-state index in [0.717, 1.165) is 5.56 Å². The van der Waals surface area contributed by atoms with Gasteiger partial charge in [0.05, 0.1) is 23.8 Å². The Balaban J connectivity index is 0.00000261. The van der Waals surface area contributed by atoms with Crippen LogP contribution in [0.5, 0.6) is 11.6 Å². The molecule has 8 heteroatoms. The van der Waals surface area contributed by atoms with Crippen LogP contribution in [-0.4, -0.2) is 51.9 Å². The number of halogens is 2. The second-order valence-electron chi connectivity index (χ2n) is 6.65. The summed E-state index contributed by atoms with van der Waals surface area (Å²) in [5, 5.41) is 31.1. The van der Waals surface area contributed by atoms with Gasteiger partial charge in [-0.3, -0.25) is 0 Å². The average Bonchev–Trinajstić information content (AvgIpc) is 2.66. The number of ether oxygens (including phenoxy) is 1. The van der Waals surface area contributed by atoms with Crippen molar-refractivity contribution in [3.63, 3.8) is 0 Å². The molecular formula is C19H24Cl2N2O4. The van der Waals surface area contributed by atoms with Gasteiger partial charge in [0.2, 0.25) is 5.88 Å². The van der Waals surface area contributed by atoms with Crippen LogP contribution in [0.15, 0.2) is 36.5 Å². The standard InChI is InChI=1S/C19H23ClN2O4.ClH/c1-26-18-5-3-14(11-21-18)19(25)6-8-22(9-7-19)12-17(24)13-2-4-16(23)15(20)10-13;/h2-5,10-11,17,23-25H,6-9,12H2,1H3;1H. The minimum atomic E-state index is -0.914. The molecule has 1 unspecified atom stereocenters. The van der Waals surface area contributed by atoms with Crippen molar-refractivity contribution in [3.05, 3.63) is 52.7 Å². The Bertz CT molecular complexity index is 750. The van der Waals surface area contributed by atoms with Gasteiger partial charge in [0.1, 0.15) is 5.75 Å². The summed E-state index contributed by atoms with van der Waals surface area (Å²) in [6.07, 6.45) is 2.07. The maximum Gasteiger partial charge on any atom is 0.212 e. The molecule has 1 atom stereocenters. The molecule has 0 aliphatic carbocycles. The Labute approximate surface area is 169 Å². The van der Waals surface area contributed by atoms with E-state index in [1.165, 1.54) is 6.07 Å². The first-order valence-corrected chi connectivity index (χ1v) is 8.91. The number of phenols is 1. The SMILES string of the molecule is COc1ccc(C2(O)CCN(CC(O)c3ccc(O)c(Cl)c3)CC2)cn1.Cl. The molecule has 3 rings (SSSR count). The third-order valence-electron chi connectivity index (χ3n) is 4.95. The van der Waals surface area contributed by atoms with Crippen molar-refractivity contribution >= 4 is 24.0 Å². The number of nitrogens with zero attached hydrogens (tertiary/aromatic N) is 2. The van der Waals surface area contributed by atoms with Gasteiger partial charge < -0.3 is 25.0 Å². The molecule has 1 aliphatic rings. The highest BCUT2D eigenvalue weighted by atomic mass is 35.5. The number of aliphatic hydroxyl groups excluding tert-OH is 1. The molecule has 0 amide bonds. The van der Waals surface area contributed by atoms with Crippen LogP contribution in [0.25, 0.3) is 0 Å². The number of piperidine rings is 1. The lowest BCUT2D eigenvalue weighted by molar-refractivity contribution is -0.0347. The summed E-state index contributed by atoms with van der Waals surface area (Å²) < 4.78 is 5.05. The minimum Gasteiger partial charge on any atom is -0.506 e. The number of hydrogen-bond donors (Lipinski definition) is 3. The van der Waals surface area contributed by atoms with Gasteiger partial charge in [-0.15, -0.1) is 12.4 Å². The Hall–Kier alpha value is -1.57. The van der Waals surface area contributed by atoms with Gasteiger partial charge in [0.15, 0.2) is 0 Å². The first kappa shape index (κ1) is 21.7. The molecule has 2 heterocycles. The fraction of sp³-hybridized carbons (Fsp3) is 0.421. The maximum absolute atomic E-state index is 10.9. The van der Waals surface area contributed by atoms with Crippen LogP contribution in [0.1, 0.15) is 30.1 Å². The highest BCUT2D eigenvalue weighted by molar-refractivity contribution is 6.32. The monoisotopic (exact) mass is 414 g/mol. The maximum atomic E-state index is 10.9. The lowest BCUT2D eigenvalue weighted by atomic mass is 9.85. The summed E-state index contributed by atoms with van der Waals surface area (Å²) in [6.45, 7) is 1.76. The summed E-state index contributed by atoms with van der Waals surface area (Å²) in [4.78, 5) is 6.28. The number of β-amino-alcohol motifs (C(OH)–C–C–N with tert-alkyl or cyclic N) is 1. The largest absolute Gasteiger partial charge is 0.506 e. The Kier molecular flexibility index (Phi) is 7.31. The van der Waals surface area contributed by atoms with E-state index in [1.54, 1.807) is 31.5 Å². The van der Waals surface area contributed by atoms with E-state index >= 15 is 0 Å². The van der Waals surface area contributed by atoms with Crippen LogP contribution >= 0.6 is 24.0 Å². The van der Waals surface area contributed by atoms with E-state index in [9.17, 15) is 15.3 Å². The molecular weight excluding hydrogens is 391 g/mol. The lowest BCUT2D eigenvalue weighted by Crippen LogP contribution is -2.44. The van der Waals surface area contributed by atoms with Gasteiger partial charge in [0.25, 0.3) is 0 Å². The number of aromatic nitrogens is 1. The summed E-state index contributed by atoms with van der Waals surface area (Å²) in [7, 11) is 1.56. The number of pyridine rings is 1. The molecule has 0 saturated carbocycles. The van der Waals surface area contributed by atoms with Crippen molar-refractivity contribution < 1.29 is 20.1 Å². The van der Waals surface area contributed by atoms with Crippen LogP contribution in [0.4, 0.5) is 0 Å². The second kappa shape index (κ2) is 9.08. The number of phenolic OH excluding ortho intramolecular Hbond substituents is 1. The van der Waals surface area contributed by atoms with E-state index in [-0.39, 0.29) is 23.2 Å². The second-order valence-corrected chi connectivity index (χ2v) is 7.06. The molecule has 0 spiro atoms. The molecule has 1 aliphatic heterocycles. The minimum absolute atomic E-state index is 0. The molecule has 6 nitrogen and oxygen atoms in total. The fourth-order valence-electron chi connectivity index (χ4n) is 3.25. The highest BCUT2D eigenvalue weighted by Crippen LogP contribution is 2.34. The van der Waals surface area contributed by atoms with Crippen LogP contribution in [0.2, 0.25) is 5.02 Å². The fourth-order valence-corrected chi connectivity index (χ4v) is 3.44. The number of aliphatic hydroxyl groups is 2. The Morgan fingerprint density at radius 3 is 2.52 bits per heavy atom. The van der Waals surface area contributed by atoms with Gasteiger partial charge in [-0.2, -0.15) is 0 Å². The molecule has 3 N–H and O–H groups in total. The topological polar surface area (TPSA) is 86.1 Å². The first-order chi connectivity index (χ1) is 12.4. The number of hydrogen-bond acceptors (Lipinski definition) is 6. The van der Waals surface area contributed by atoms with Crippen molar-refractivity contribution in [1.82, 2.24) is 9.88 Å². The zero-order valence-corrected chi connectivity index (χ0v) is 16.6. The van der Waals surface area contributed by atoms with Gasteiger partial charge in [-0.1, -0.05) is 17.7 Å². The number of benzene rings is 1. The summed E-state index contributed by atoms with van der Waals surface area (Å²) in [6, 6.07) is 8.30. The van der Waals surface area contributed by atoms with Crippen molar-refractivity contribution in [2.45, 2.75) is 24.5 Å². The molecule has 1 aromatic carbocycles. The molecule has 1 fully saturated rings. The molecule has 1 saturated heterocycles. The van der Waals surface area contributed by atoms with Crippen molar-refractivity contribution in [3.8, 4) is 11.6 Å². The summed E-state index contributed by atoms with van der Waals surface area (Å²) >= 11 is 5.90. The predicted octanol–water partition coefficient (Wildman–Crippen LogP) is 2.89. The van der Waals surface area contributed by atoms with E-state index in [0.29, 0.717) is 43.9 Å². The average molecular weight is 415 g/mol. The third-order valence-corrected chi connectivity index (χ3v) is 5.26. The van der Waals surface area contributed by atoms with E-state index in [1.807, 2.05) is 6.07 Å². The molecule has 0 radical (unpaired) electrons. The number of methoxy groups -OCH3 is 1. The molecule has 1 aromatic heterocycles. The molecule has 2 aromatic rings. The van der Waals surface area contributed by atoms with E-state index < -0.39 is 11.7 Å². The van der Waals surface area contributed by atoms with Crippen LogP contribution in [0.3, 0.4) is 0 Å². The first-order valence-electron chi connectivity index (χ1n) is 8.53. The van der Waals surface area contributed by atoms with Gasteiger partial charge in [0, 0.05) is 37.5 Å². The van der Waals surface area contributed by atoms with Crippen molar-refractivity contribution in [1.29, 1.82) is 0 Å². The number of rotatable bonds is 5. The van der Waals surface area contributed by atoms with Crippen molar-refractivity contribution in [2.75, 3.05) is 26.7 Å². The predicted molar refractivity (Wildman–Crippen MR) is 106 cm³/mol. The number of likely N-dealkylation sites (tertiary alicyclic amines) is 1. The number of aromatic hydroxyl groups is 1. The van der Waals surface area contributed by atoms with Gasteiger partial charge in [-0.05, 0) is 36.6 Å². The van der Waals surface area contributed by atoms with Crippen LogP contribution < -0.4 is 4.74 Å². The quantitative estimate of drug-likeness (QED) is 0.697. The smallest absolute Gasteiger partial charge is 0.212 e. The zero-order valence-electron chi connectivity index (χ0n) is 15.0. The Morgan fingerprint density at radius 2 is 1.96 bits per heavy atom. The van der Waals surface area contributed by atoms with Gasteiger partial charge in [-0.25, -0.2) is 4.98 Å². The zero-order chi connectivity index (χ0) is 18.7. The normalized spacial score (nSPS) is 17.8. The van der Waals surface area contributed by atoms with Crippen LogP contribution in [0, 0.1) is 0 Å². The molecule has 148 valence electrons. The highest BCUT2D eigenvalue weighted by Gasteiger charge is 2.34. The van der Waals surface area contributed by atoms with E-state index in [2.05, 4.69) is 9.88 Å². The molecule has 27 heavy (non-hydrogen) atoms. The van der Waals surface area contributed by atoms with Gasteiger partial charge >= 0.3 is 0 Å². The lowest BCUT2D eigenvalue weighted by Gasteiger charge is -2.39. The Morgan fingerprint density at radius 1 is 1.26 bits per heavy atom.